The first-order valence-electron chi connectivity index (χ1n) is 3.37. The lowest BCUT2D eigenvalue weighted by Crippen LogP contribution is -2.05. The number of ether oxygens (including phenoxy) is 1. The van der Waals surface area contributed by atoms with Gasteiger partial charge in [0, 0.05) is 6.92 Å². The topological polar surface area (TPSA) is 46.5 Å². The smallest absolute Gasteiger partial charge is 0.308 e. The molecule has 0 saturated carbocycles. The second-order valence-corrected chi connectivity index (χ2v) is 2.30. The van der Waals surface area contributed by atoms with Crippen LogP contribution in [0.15, 0.2) is 12.1 Å². The molecule has 0 aliphatic rings. The Labute approximate surface area is 72.6 Å². The molecule has 0 bridgehead atoms. The molecule has 0 radical (unpaired) electrons. The van der Waals surface area contributed by atoms with E-state index in [0.717, 1.165) is 19.1 Å². The molecule has 0 heterocycles. The Bertz CT molecular complexity index is 349. The Morgan fingerprint density at radius 3 is 2.62 bits per heavy atom. The Kier molecular flexibility index (Phi) is 2.46. The summed E-state index contributed by atoms with van der Waals surface area (Å²) in [6.07, 6.45) is 0. The SMILES string of the molecule is CC(=O)Oc1c(F)ccc(O)c1F. The minimum absolute atomic E-state index is 0.766. The lowest BCUT2D eigenvalue weighted by molar-refractivity contribution is -0.132. The van der Waals surface area contributed by atoms with Crippen LogP contribution in [0.2, 0.25) is 0 Å². The van der Waals surface area contributed by atoms with Crippen molar-refractivity contribution in [2.45, 2.75) is 6.92 Å². The van der Waals surface area contributed by atoms with Gasteiger partial charge in [-0.3, -0.25) is 4.79 Å². The van der Waals surface area contributed by atoms with Gasteiger partial charge in [0.1, 0.15) is 0 Å². The van der Waals surface area contributed by atoms with Crippen LogP contribution in [0.3, 0.4) is 0 Å². The van der Waals surface area contributed by atoms with Crippen molar-refractivity contribution in [3.05, 3.63) is 23.8 Å². The fourth-order valence-corrected chi connectivity index (χ4v) is 0.759. The zero-order valence-corrected chi connectivity index (χ0v) is 6.67. The van der Waals surface area contributed by atoms with Crippen molar-refractivity contribution >= 4 is 5.97 Å². The number of rotatable bonds is 1. The highest BCUT2D eigenvalue weighted by molar-refractivity contribution is 5.69. The van der Waals surface area contributed by atoms with Gasteiger partial charge in [-0.1, -0.05) is 0 Å². The number of benzene rings is 1. The van der Waals surface area contributed by atoms with E-state index in [1.807, 2.05) is 0 Å². The molecule has 3 nitrogen and oxygen atoms in total. The molecule has 13 heavy (non-hydrogen) atoms. The van der Waals surface area contributed by atoms with Crippen molar-refractivity contribution in [1.82, 2.24) is 0 Å². The van der Waals surface area contributed by atoms with E-state index < -0.39 is 29.1 Å². The van der Waals surface area contributed by atoms with E-state index in [1.165, 1.54) is 0 Å². The fourth-order valence-electron chi connectivity index (χ4n) is 0.759. The number of aromatic hydroxyl groups is 1. The molecule has 1 aromatic rings. The Hall–Kier alpha value is -1.65. The Morgan fingerprint density at radius 2 is 2.08 bits per heavy atom. The normalized spacial score (nSPS) is 9.77. The Balaban J connectivity index is 3.17. The van der Waals surface area contributed by atoms with Gasteiger partial charge in [0.05, 0.1) is 0 Å². The second kappa shape index (κ2) is 3.38. The van der Waals surface area contributed by atoms with Crippen molar-refractivity contribution in [2.75, 3.05) is 0 Å². The summed E-state index contributed by atoms with van der Waals surface area (Å²) in [4.78, 5) is 10.4. The second-order valence-electron chi connectivity index (χ2n) is 2.30. The highest BCUT2D eigenvalue weighted by Crippen LogP contribution is 2.28. The number of esters is 1. The quantitative estimate of drug-likeness (QED) is 0.537. The van der Waals surface area contributed by atoms with Gasteiger partial charge in [0.15, 0.2) is 11.6 Å². The van der Waals surface area contributed by atoms with Gasteiger partial charge < -0.3 is 9.84 Å². The van der Waals surface area contributed by atoms with Crippen LogP contribution < -0.4 is 4.74 Å². The third kappa shape index (κ3) is 1.93. The van der Waals surface area contributed by atoms with Gasteiger partial charge in [-0.05, 0) is 12.1 Å². The number of carbonyl (C=O) groups is 1. The first-order chi connectivity index (χ1) is 6.02. The highest BCUT2D eigenvalue weighted by atomic mass is 19.1. The maximum absolute atomic E-state index is 12.9. The Morgan fingerprint density at radius 1 is 1.46 bits per heavy atom. The van der Waals surface area contributed by atoms with E-state index in [4.69, 9.17) is 5.11 Å². The molecule has 0 unspecified atom stereocenters. The van der Waals surface area contributed by atoms with E-state index in [1.54, 1.807) is 0 Å². The first-order valence-corrected chi connectivity index (χ1v) is 3.37. The number of halogens is 2. The summed E-state index contributed by atoms with van der Waals surface area (Å²) in [6, 6.07) is 1.63. The van der Waals surface area contributed by atoms with Crippen LogP contribution in [0.4, 0.5) is 8.78 Å². The molecular weight excluding hydrogens is 182 g/mol. The van der Waals surface area contributed by atoms with E-state index in [9.17, 15) is 13.6 Å². The standard InChI is InChI=1S/C8H6F2O3/c1-4(11)13-8-5(9)2-3-6(12)7(8)10/h2-3,12H,1H3. The molecule has 0 fully saturated rings. The summed E-state index contributed by atoms with van der Waals surface area (Å²) < 4.78 is 29.8. The van der Waals surface area contributed by atoms with E-state index >= 15 is 0 Å². The predicted octanol–water partition coefficient (Wildman–Crippen LogP) is 1.60. The van der Waals surface area contributed by atoms with Crippen LogP contribution in [-0.2, 0) is 4.79 Å². The molecule has 0 aliphatic heterocycles. The zero-order valence-electron chi connectivity index (χ0n) is 6.67. The largest absolute Gasteiger partial charge is 0.505 e. The summed E-state index contributed by atoms with van der Waals surface area (Å²) in [5, 5.41) is 8.80. The molecule has 0 amide bonds. The van der Waals surface area contributed by atoms with Crippen molar-refractivity contribution in [3.8, 4) is 11.5 Å². The van der Waals surface area contributed by atoms with Crippen molar-refractivity contribution in [3.63, 3.8) is 0 Å². The molecule has 5 heteroatoms. The zero-order chi connectivity index (χ0) is 10.0. The van der Waals surface area contributed by atoms with Crippen molar-refractivity contribution < 1.29 is 23.4 Å². The minimum Gasteiger partial charge on any atom is -0.505 e. The van der Waals surface area contributed by atoms with Gasteiger partial charge in [0.2, 0.25) is 11.6 Å². The third-order valence-corrected chi connectivity index (χ3v) is 1.27. The molecule has 0 aliphatic carbocycles. The average Bonchev–Trinajstić information content (AvgIpc) is 2.05. The maximum Gasteiger partial charge on any atom is 0.308 e. The molecule has 1 rings (SSSR count). The van der Waals surface area contributed by atoms with E-state index in [-0.39, 0.29) is 0 Å². The van der Waals surface area contributed by atoms with Gasteiger partial charge >= 0.3 is 5.97 Å². The average molecular weight is 188 g/mol. The summed E-state index contributed by atoms with van der Waals surface area (Å²) in [7, 11) is 0. The number of phenols is 1. The fraction of sp³-hybridized carbons (Fsp3) is 0.125. The minimum atomic E-state index is -1.28. The molecule has 0 saturated heterocycles. The predicted molar refractivity (Wildman–Crippen MR) is 39.3 cm³/mol. The number of carbonyl (C=O) groups excluding carboxylic acids is 1. The molecule has 0 atom stereocenters. The molecular formula is C8H6F2O3. The van der Waals surface area contributed by atoms with Crippen LogP contribution >= 0.6 is 0 Å². The molecule has 0 spiro atoms. The maximum atomic E-state index is 12.9. The monoisotopic (exact) mass is 188 g/mol. The molecule has 0 aromatic heterocycles. The molecule has 1 N–H and O–H groups in total. The summed E-state index contributed by atoms with van der Waals surface area (Å²) in [6.45, 7) is 1.00. The highest BCUT2D eigenvalue weighted by Gasteiger charge is 2.15. The van der Waals surface area contributed by atoms with Crippen LogP contribution in [0.1, 0.15) is 6.92 Å². The van der Waals surface area contributed by atoms with Crippen LogP contribution in [0.5, 0.6) is 11.5 Å². The van der Waals surface area contributed by atoms with Gasteiger partial charge in [-0.25, -0.2) is 4.39 Å². The van der Waals surface area contributed by atoms with Crippen LogP contribution in [-0.4, -0.2) is 11.1 Å². The number of phenolic OH excluding ortho intramolecular Hbond substituents is 1. The van der Waals surface area contributed by atoms with Crippen molar-refractivity contribution in [2.24, 2.45) is 0 Å². The number of hydrogen-bond donors (Lipinski definition) is 1. The van der Waals surface area contributed by atoms with E-state index in [0.29, 0.717) is 0 Å². The molecule has 70 valence electrons. The van der Waals surface area contributed by atoms with Crippen molar-refractivity contribution in [1.29, 1.82) is 0 Å². The lowest BCUT2D eigenvalue weighted by atomic mass is 10.3. The van der Waals surface area contributed by atoms with E-state index in [2.05, 4.69) is 4.74 Å². The molecule has 1 aromatic carbocycles. The van der Waals surface area contributed by atoms with Gasteiger partial charge in [-0.15, -0.1) is 0 Å². The summed E-state index contributed by atoms with van der Waals surface area (Å²) in [5.74, 6) is -4.82. The van der Waals surface area contributed by atoms with Gasteiger partial charge in [-0.2, -0.15) is 4.39 Å². The summed E-state index contributed by atoms with van der Waals surface area (Å²) >= 11 is 0. The lowest BCUT2D eigenvalue weighted by Gasteiger charge is -2.04. The number of hydrogen-bond acceptors (Lipinski definition) is 3. The first kappa shape index (κ1) is 9.44. The van der Waals surface area contributed by atoms with Crippen LogP contribution in [0, 0.1) is 11.6 Å². The third-order valence-electron chi connectivity index (χ3n) is 1.27. The summed E-state index contributed by atoms with van der Waals surface area (Å²) in [5.41, 5.74) is 0. The van der Waals surface area contributed by atoms with Crippen LogP contribution in [0.25, 0.3) is 0 Å². The van der Waals surface area contributed by atoms with Gasteiger partial charge in [0.25, 0.3) is 0 Å².